The van der Waals surface area contributed by atoms with Crippen LogP contribution in [0.15, 0.2) is 59.5 Å². The van der Waals surface area contributed by atoms with Gasteiger partial charge in [-0.2, -0.15) is 5.01 Å². The zero-order valence-electron chi connectivity index (χ0n) is 17.8. The van der Waals surface area contributed by atoms with Gasteiger partial charge in [-0.3, -0.25) is 14.9 Å². The van der Waals surface area contributed by atoms with Gasteiger partial charge in [0.15, 0.2) is 0 Å². The van der Waals surface area contributed by atoms with E-state index in [-0.39, 0.29) is 23.5 Å². The van der Waals surface area contributed by atoms with E-state index in [4.69, 9.17) is 4.74 Å². The highest BCUT2D eigenvalue weighted by Gasteiger charge is 2.49. The second kappa shape index (κ2) is 8.67. The summed E-state index contributed by atoms with van der Waals surface area (Å²) in [5.74, 6) is -1.51. The highest BCUT2D eigenvalue weighted by atomic mass is 32.2. The number of nitrogens with zero attached hydrogens (tertiary/aromatic N) is 3. The summed E-state index contributed by atoms with van der Waals surface area (Å²) in [6.07, 6.45) is -0.880. The van der Waals surface area contributed by atoms with Crippen LogP contribution in [0.25, 0.3) is 0 Å². The van der Waals surface area contributed by atoms with Crippen molar-refractivity contribution >= 4 is 27.7 Å². The number of ether oxygens (including phenoxy) is 1. The molecule has 10 nitrogen and oxygen atoms in total. The quantitative estimate of drug-likeness (QED) is 0.494. The fourth-order valence-electron chi connectivity index (χ4n) is 3.23. The first-order valence-corrected chi connectivity index (χ1v) is 11.2. The third-order valence-corrected chi connectivity index (χ3v) is 6.41. The van der Waals surface area contributed by atoms with E-state index in [0.29, 0.717) is 9.42 Å². The van der Waals surface area contributed by atoms with Crippen molar-refractivity contribution in [1.29, 1.82) is 0 Å². The molecule has 0 spiro atoms. The van der Waals surface area contributed by atoms with E-state index < -0.39 is 38.5 Å². The van der Waals surface area contributed by atoms with E-state index in [1.807, 2.05) is 6.07 Å². The normalized spacial score (nSPS) is 17.4. The molecule has 3 rings (SSSR count). The van der Waals surface area contributed by atoms with Gasteiger partial charge < -0.3 is 4.74 Å². The smallest absolute Gasteiger partial charge is 0.433 e. The first kappa shape index (κ1) is 23.4. The fourth-order valence-corrected chi connectivity index (χ4v) is 4.70. The Morgan fingerprint density at radius 1 is 1.12 bits per heavy atom. The average Bonchev–Trinajstić information content (AvgIpc) is 3.04. The molecule has 1 aliphatic rings. The Morgan fingerprint density at radius 3 is 2.25 bits per heavy atom. The molecular formula is C21H23N3O7S. The predicted molar refractivity (Wildman–Crippen MR) is 114 cm³/mol. The van der Waals surface area contributed by atoms with Crippen LogP contribution >= 0.6 is 0 Å². The standard InChI is InChI=1S/C21H23N3O7S/c1-21(2,3)31-20(26)23-19(25)16(13-15-7-5-4-6-8-15)14-22(23)32(29,30)18-11-9-17(10-12-18)24(27)28/h4-12,16H,13-14H2,1-3H3. The molecule has 170 valence electrons. The highest BCUT2D eigenvalue weighted by molar-refractivity contribution is 7.89. The number of hydrogen-bond acceptors (Lipinski definition) is 7. The van der Waals surface area contributed by atoms with Crippen LogP contribution in [-0.4, -0.2) is 46.9 Å². The molecule has 1 atom stereocenters. The summed E-state index contributed by atoms with van der Waals surface area (Å²) in [5.41, 5.74) is -0.436. The maximum absolute atomic E-state index is 13.3. The van der Waals surface area contributed by atoms with Crippen molar-refractivity contribution in [2.45, 2.75) is 37.7 Å². The summed E-state index contributed by atoms with van der Waals surface area (Å²) in [6.45, 7) is 4.53. The van der Waals surface area contributed by atoms with Crippen LogP contribution in [0.2, 0.25) is 0 Å². The number of sulfonamides is 1. The second-order valence-electron chi connectivity index (χ2n) is 8.28. The van der Waals surface area contributed by atoms with Crippen LogP contribution in [0, 0.1) is 16.0 Å². The molecule has 0 aliphatic carbocycles. The van der Waals surface area contributed by atoms with Crippen molar-refractivity contribution < 1.29 is 27.7 Å². The van der Waals surface area contributed by atoms with Gasteiger partial charge in [0.05, 0.1) is 15.7 Å². The summed E-state index contributed by atoms with van der Waals surface area (Å²) in [4.78, 5) is 35.8. The highest BCUT2D eigenvalue weighted by Crippen LogP contribution is 2.30. The number of hydrogen-bond donors (Lipinski definition) is 0. The van der Waals surface area contributed by atoms with Crippen molar-refractivity contribution in [2.24, 2.45) is 5.92 Å². The maximum Gasteiger partial charge on any atom is 0.433 e. The number of non-ortho nitro benzene ring substituents is 1. The predicted octanol–water partition coefficient (Wildman–Crippen LogP) is 3.14. The summed E-state index contributed by atoms with van der Waals surface area (Å²) in [7, 11) is -4.37. The minimum Gasteiger partial charge on any atom is -0.442 e. The molecule has 1 heterocycles. The van der Waals surface area contributed by atoms with Gasteiger partial charge >= 0.3 is 6.09 Å². The molecule has 1 fully saturated rings. The topological polar surface area (TPSA) is 127 Å². The lowest BCUT2D eigenvalue weighted by atomic mass is 10.00. The molecule has 1 unspecified atom stereocenters. The number of rotatable bonds is 5. The molecule has 1 aliphatic heterocycles. The largest absolute Gasteiger partial charge is 0.442 e. The minimum atomic E-state index is -4.37. The Balaban J connectivity index is 1.97. The summed E-state index contributed by atoms with van der Waals surface area (Å²) in [5, 5.41) is 11.4. The molecule has 32 heavy (non-hydrogen) atoms. The summed E-state index contributed by atoms with van der Waals surface area (Å²) in [6, 6.07) is 13.2. The molecule has 2 aromatic carbocycles. The van der Waals surface area contributed by atoms with Gasteiger partial charge in [-0.15, -0.1) is 0 Å². The number of carbonyl (C=O) groups excluding carboxylic acids is 2. The lowest BCUT2D eigenvalue weighted by molar-refractivity contribution is -0.384. The fraction of sp³-hybridized carbons (Fsp3) is 0.333. The van der Waals surface area contributed by atoms with E-state index in [0.717, 1.165) is 29.8 Å². The molecule has 0 N–H and O–H groups in total. The molecule has 0 radical (unpaired) electrons. The van der Waals surface area contributed by atoms with Gasteiger partial charge in [0, 0.05) is 18.7 Å². The van der Waals surface area contributed by atoms with Crippen LogP contribution in [0.5, 0.6) is 0 Å². The van der Waals surface area contributed by atoms with E-state index in [1.54, 1.807) is 45.0 Å². The Morgan fingerprint density at radius 2 is 1.72 bits per heavy atom. The minimum absolute atomic E-state index is 0.227. The maximum atomic E-state index is 13.3. The number of imide groups is 1. The Labute approximate surface area is 185 Å². The number of nitro benzene ring substituents is 1. The molecule has 0 bridgehead atoms. The SMILES string of the molecule is CC(C)(C)OC(=O)N1C(=O)C(Cc2ccccc2)CN1S(=O)(=O)c1ccc([N+](=O)[O-])cc1. The van der Waals surface area contributed by atoms with Gasteiger partial charge in [0.25, 0.3) is 21.6 Å². The first-order chi connectivity index (χ1) is 14.9. The second-order valence-corrected chi connectivity index (χ2v) is 10.1. The van der Waals surface area contributed by atoms with E-state index in [9.17, 15) is 28.1 Å². The van der Waals surface area contributed by atoms with E-state index >= 15 is 0 Å². The van der Waals surface area contributed by atoms with Crippen molar-refractivity contribution in [3.8, 4) is 0 Å². The van der Waals surface area contributed by atoms with Crippen molar-refractivity contribution in [3.05, 3.63) is 70.3 Å². The van der Waals surface area contributed by atoms with Crippen molar-refractivity contribution in [1.82, 2.24) is 9.42 Å². The van der Waals surface area contributed by atoms with Gasteiger partial charge in [0.1, 0.15) is 5.60 Å². The molecule has 1 saturated heterocycles. The summed E-state index contributed by atoms with van der Waals surface area (Å²) >= 11 is 0. The van der Waals surface area contributed by atoms with Gasteiger partial charge in [-0.05, 0) is 44.9 Å². The third-order valence-electron chi connectivity index (χ3n) is 4.67. The van der Waals surface area contributed by atoms with Crippen LogP contribution in [-0.2, 0) is 26.0 Å². The Kier molecular flexibility index (Phi) is 6.33. The zero-order valence-corrected chi connectivity index (χ0v) is 18.6. The Hall–Kier alpha value is -3.31. The molecule has 2 amide bonds. The average molecular weight is 461 g/mol. The van der Waals surface area contributed by atoms with E-state index in [2.05, 4.69) is 0 Å². The van der Waals surface area contributed by atoms with Crippen LogP contribution in [0.3, 0.4) is 0 Å². The van der Waals surface area contributed by atoms with Gasteiger partial charge in [-0.1, -0.05) is 34.7 Å². The van der Waals surface area contributed by atoms with Crippen molar-refractivity contribution in [3.63, 3.8) is 0 Å². The lowest BCUT2D eigenvalue weighted by Gasteiger charge is -2.28. The number of benzene rings is 2. The lowest BCUT2D eigenvalue weighted by Crippen LogP contribution is -2.48. The molecule has 0 saturated carbocycles. The molecular weight excluding hydrogens is 438 g/mol. The summed E-state index contributed by atoms with van der Waals surface area (Å²) < 4.78 is 32.5. The van der Waals surface area contributed by atoms with Gasteiger partial charge in [-0.25, -0.2) is 13.2 Å². The third kappa shape index (κ3) is 4.94. The van der Waals surface area contributed by atoms with Crippen LogP contribution in [0.1, 0.15) is 26.3 Å². The number of nitro groups is 1. The monoisotopic (exact) mass is 461 g/mol. The Bertz CT molecular complexity index is 1130. The number of carbonyl (C=O) groups is 2. The number of hydrazine groups is 1. The van der Waals surface area contributed by atoms with Crippen LogP contribution < -0.4 is 0 Å². The molecule has 2 aromatic rings. The number of amides is 2. The zero-order chi connectivity index (χ0) is 23.7. The molecule has 0 aromatic heterocycles. The van der Waals surface area contributed by atoms with Crippen molar-refractivity contribution in [2.75, 3.05) is 6.54 Å². The molecule has 11 heteroatoms. The van der Waals surface area contributed by atoms with Crippen LogP contribution in [0.4, 0.5) is 10.5 Å². The van der Waals surface area contributed by atoms with E-state index in [1.165, 1.54) is 0 Å². The first-order valence-electron chi connectivity index (χ1n) is 9.78. The van der Waals surface area contributed by atoms with Gasteiger partial charge in [0.2, 0.25) is 0 Å².